The highest BCUT2D eigenvalue weighted by atomic mass is 16.5. The number of aromatic nitrogens is 3. The fourth-order valence-corrected chi connectivity index (χ4v) is 3.44. The first-order valence-electron chi connectivity index (χ1n) is 8.54. The first-order valence-corrected chi connectivity index (χ1v) is 8.54. The molecule has 1 aromatic carbocycles. The minimum absolute atomic E-state index is 0.000971. The summed E-state index contributed by atoms with van der Waals surface area (Å²) in [5, 5.41) is 6.88. The number of ether oxygens (including phenoxy) is 1. The van der Waals surface area contributed by atoms with Gasteiger partial charge in [0.15, 0.2) is 0 Å². The number of carbonyl (C=O) groups is 1. The fraction of sp³-hybridized carbons (Fsp3) is 0.500. The van der Waals surface area contributed by atoms with E-state index in [0.29, 0.717) is 0 Å². The Morgan fingerprint density at radius 2 is 2.17 bits per heavy atom. The van der Waals surface area contributed by atoms with Crippen LogP contribution >= 0.6 is 0 Å². The van der Waals surface area contributed by atoms with Crippen LogP contribution in [0.2, 0.25) is 0 Å². The van der Waals surface area contributed by atoms with Crippen molar-refractivity contribution in [2.45, 2.75) is 44.6 Å². The van der Waals surface area contributed by atoms with Gasteiger partial charge in [0.2, 0.25) is 5.91 Å². The van der Waals surface area contributed by atoms with Crippen molar-refractivity contribution >= 4 is 5.91 Å². The first-order chi connectivity index (χ1) is 11.7. The highest BCUT2D eigenvalue weighted by Gasteiger charge is 2.33. The number of aromatic amines is 1. The Hall–Kier alpha value is -2.37. The van der Waals surface area contributed by atoms with E-state index >= 15 is 0 Å². The fourth-order valence-electron chi connectivity index (χ4n) is 3.44. The van der Waals surface area contributed by atoms with E-state index in [0.717, 1.165) is 49.4 Å². The molecule has 3 rings (SSSR count). The summed E-state index contributed by atoms with van der Waals surface area (Å²) in [6.45, 7) is 2.83. The smallest absolute Gasteiger partial charge is 0.230 e. The van der Waals surface area contributed by atoms with Crippen molar-refractivity contribution in [3.63, 3.8) is 0 Å². The van der Waals surface area contributed by atoms with Crippen LogP contribution < -0.4 is 4.74 Å². The number of benzene rings is 1. The number of nitrogens with one attached hydrogen (secondary N) is 1. The zero-order chi connectivity index (χ0) is 16.9. The van der Waals surface area contributed by atoms with Crippen molar-refractivity contribution in [1.82, 2.24) is 20.1 Å². The van der Waals surface area contributed by atoms with E-state index in [1.807, 2.05) is 29.2 Å². The summed E-state index contributed by atoms with van der Waals surface area (Å²) >= 11 is 0. The van der Waals surface area contributed by atoms with Crippen LogP contribution in [0.5, 0.6) is 5.75 Å². The van der Waals surface area contributed by atoms with Crippen LogP contribution in [0.25, 0.3) is 0 Å². The highest BCUT2D eigenvalue weighted by Crippen LogP contribution is 2.33. The van der Waals surface area contributed by atoms with Gasteiger partial charge in [0.1, 0.15) is 17.9 Å². The average molecular weight is 328 g/mol. The third-order valence-corrected chi connectivity index (χ3v) is 4.76. The Morgan fingerprint density at radius 3 is 2.79 bits per heavy atom. The zero-order valence-electron chi connectivity index (χ0n) is 14.2. The minimum Gasteiger partial charge on any atom is -0.497 e. The van der Waals surface area contributed by atoms with Crippen LogP contribution in [0.4, 0.5) is 0 Å². The predicted molar refractivity (Wildman–Crippen MR) is 90.7 cm³/mol. The second-order valence-corrected chi connectivity index (χ2v) is 6.15. The van der Waals surface area contributed by atoms with E-state index in [1.165, 1.54) is 6.33 Å². The van der Waals surface area contributed by atoms with Gasteiger partial charge in [-0.2, -0.15) is 5.10 Å². The second-order valence-electron chi connectivity index (χ2n) is 6.15. The monoisotopic (exact) mass is 328 g/mol. The van der Waals surface area contributed by atoms with Gasteiger partial charge in [0.25, 0.3) is 0 Å². The van der Waals surface area contributed by atoms with E-state index in [9.17, 15) is 4.79 Å². The molecule has 24 heavy (non-hydrogen) atoms. The lowest BCUT2D eigenvalue weighted by Gasteiger charge is -2.36. The van der Waals surface area contributed by atoms with Gasteiger partial charge in [0, 0.05) is 6.54 Å². The number of nitrogens with zero attached hydrogens (tertiary/aromatic N) is 3. The maximum atomic E-state index is 13.2. The summed E-state index contributed by atoms with van der Waals surface area (Å²) in [7, 11) is 1.65. The molecule has 6 nitrogen and oxygen atoms in total. The molecule has 0 saturated carbocycles. The molecule has 6 heteroatoms. The summed E-state index contributed by atoms with van der Waals surface area (Å²) in [6.07, 6.45) is 5.35. The summed E-state index contributed by atoms with van der Waals surface area (Å²) < 4.78 is 5.21. The Bertz CT molecular complexity index is 654. The van der Waals surface area contributed by atoms with E-state index in [-0.39, 0.29) is 17.9 Å². The first kappa shape index (κ1) is 16.5. The van der Waals surface area contributed by atoms with E-state index in [4.69, 9.17) is 4.74 Å². The van der Waals surface area contributed by atoms with Crippen molar-refractivity contribution in [3.8, 4) is 5.75 Å². The van der Waals surface area contributed by atoms with Gasteiger partial charge < -0.3 is 9.64 Å². The Morgan fingerprint density at radius 1 is 1.38 bits per heavy atom. The van der Waals surface area contributed by atoms with Crippen LogP contribution in [-0.4, -0.2) is 39.6 Å². The maximum absolute atomic E-state index is 13.2. The molecule has 1 aromatic heterocycles. The zero-order valence-corrected chi connectivity index (χ0v) is 14.2. The highest BCUT2D eigenvalue weighted by molar-refractivity contribution is 5.84. The minimum atomic E-state index is -0.139. The molecule has 2 heterocycles. The summed E-state index contributed by atoms with van der Waals surface area (Å²) in [5.74, 6) is 1.62. The van der Waals surface area contributed by atoms with Crippen LogP contribution in [0, 0.1) is 0 Å². The SMILES string of the molecule is CC[C@@H](C(=O)N1CCCC[C@H]1c1ncn[nH]1)c1ccc(OC)cc1. The van der Waals surface area contributed by atoms with E-state index in [1.54, 1.807) is 7.11 Å². The topological polar surface area (TPSA) is 71.1 Å². The Kier molecular flexibility index (Phi) is 5.13. The lowest BCUT2D eigenvalue weighted by Crippen LogP contribution is -2.41. The van der Waals surface area contributed by atoms with Gasteiger partial charge in [-0.05, 0) is 43.4 Å². The molecule has 0 aliphatic carbocycles. The normalized spacial score (nSPS) is 19.1. The molecular formula is C18H24N4O2. The average Bonchev–Trinajstić information content (AvgIpc) is 3.17. The van der Waals surface area contributed by atoms with Crippen LogP contribution in [0.1, 0.15) is 56.0 Å². The molecular weight excluding hydrogens is 304 g/mol. The number of carbonyl (C=O) groups excluding carboxylic acids is 1. The Labute approximate surface area is 142 Å². The number of piperidine rings is 1. The lowest BCUT2D eigenvalue weighted by atomic mass is 9.92. The molecule has 2 atom stereocenters. The summed E-state index contributed by atoms with van der Waals surface area (Å²) in [6, 6.07) is 7.79. The number of amides is 1. The van der Waals surface area contributed by atoms with Crippen LogP contribution in [0.15, 0.2) is 30.6 Å². The third-order valence-electron chi connectivity index (χ3n) is 4.76. The molecule has 1 aliphatic rings. The molecule has 0 unspecified atom stereocenters. The van der Waals surface area contributed by atoms with Gasteiger partial charge in [-0.1, -0.05) is 19.1 Å². The van der Waals surface area contributed by atoms with Gasteiger partial charge in [-0.15, -0.1) is 0 Å². The van der Waals surface area contributed by atoms with Crippen LogP contribution in [0.3, 0.4) is 0 Å². The van der Waals surface area contributed by atoms with E-state index in [2.05, 4.69) is 22.1 Å². The molecule has 1 aliphatic heterocycles. The number of rotatable bonds is 5. The van der Waals surface area contributed by atoms with Crippen molar-refractivity contribution < 1.29 is 9.53 Å². The summed E-state index contributed by atoms with van der Waals surface area (Å²) in [5.41, 5.74) is 1.03. The lowest BCUT2D eigenvalue weighted by molar-refractivity contribution is -0.137. The van der Waals surface area contributed by atoms with E-state index < -0.39 is 0 Å². The number of methoxy groups -OCH3 is 1. The second kappa shape index (κ2) is 7.47. The van der Waals surface area contributed by atoms with Crippen molar-refractivity contribution in [3.05, 3.63) is 42.0 Å². The van der Waals surface area contributed by atoms with Crippen LogP contribution in [-0.2, 0) is 4.79 Å². The number of hydrogen-bond donors (Lipinski definition) is 1. The quantitative estimate of drug-likeness (QED) is 0.915. The molecule has 1 fully saturated rings. The van der Waals surface area contributed by atoms with Crippen molar-refractivity contribution in [2.24, 2.45) is 0 Å². The van der Waals surface area contributed by atoms with Gasteiger partial charge >= 0.3 is 0 Å². The molecule has 0 radical (unpaired) electrons. The number of hydrogen-bond acceptors (Lipinski definition) is 4. The molecule has 2 aromatic rings. The molecule has 128 valence electrons. The molecule has 0 bridgehead atoms. The third kappa shape index (κ3) is 3.27. The molecule has 1 N–H and O–H groups in total. The predicted octanol–water partition coefficient (Wildman–Crippen LogP) is 3.06. The van der Waals surface area contributed by atoms with Crippen molar-refractivity contribution in [1.29, 1.82) is 0 Å². The van der Waals surface area contributed by atoms with Gasteiger partial charge in [-0.25, -0.2) is 4.98 Å². The van der Waals surface area contributed by atoms with Gasteiger partial charge in [0.05, 0.1) is 19.1 Å². The molecule has 0 spiro atoms. The standard InChI is InChI=1S/C18H24N4O2/c1-3-15(13-7-9-14(24-2)10-8-13)18(23)22-11-5-4-6-16(22)17-19-12-20-21-17/h7-10,12,15-16H,3-6,11H2,1-2H3,(H,19,20,21)/t15-,16+/m1/s1. The van der Waals surface area contributed by atoms with Crippen molar-refractivity contribution in [2.75, 3.05) is 13.7 Å². The number of H-pyrrole nitrogens is 1. The molecule has 1 amide bonds. The molecule has 1 saturated heterocycles. The number of likely N-dealkylation sites (tertiary alicyclic amines) is 1. The Balaban J connectivity index is 1.83. The maximum Gasteiger partial charge on any atom is 0.230 e. The summed E-state index contributed by atoms with van der Waals surface area (Å²) in [4.78, 5) is 19.5. The largest absolute Gasteiger partial charge is 0.497 e. The van der Waals surface area contributed by atoms with Gasteiger partial charge in [-0.3, -0.25) is 9.89 Å².